The number of hydrogen-bond acceptors (Lipinski definition) is 2. The second kappa shape index (κ2) is 6.44. The van der Waals surface area contributed by atoms with E-state index in [4.69, 9.17) is 0 Å². The smallest absolute Gasteiger partial charge is 0.153 e. The van der Waals surface area contributed by atoms with E-state index in [0.29, 0.717) is 4.47 Å². The number of likely N-dealkylation sites (N-methyl/N-ethyl adjacent to an activating group) is 1. The van der Waals surface area contributed by atoms with E-state index in [1.807, 2.05) is 37.4 Å². The van der Waals surface area contributed by atoms with E-state index < -0.39 is 0 Å². The third-order valence-corrected chi connectivity index (χ3v) is 4.06. The Kier molecular flexibility index (Phi) is 4.88. The zero-order chi connectivity index (χ0) is 13.8. The number of benzene rings is 2. The molecular formula is C15H15Br2NO. The van der Waals surface area contributed by atoms with Crippen molar-refractivity contribution < 1.29 is 5.11 Å². The average molecular weight is 385 g/mol. The molecule has 0 atom stereocenters. The maximum absolute atomic E-state index is 10.1. The summed E-state index contributed by atoms with van der Waals surface area (Å²) in [6, 6.07) is 14.1. The van der Waals surface area contributed by atoms with Crippen molar-refractivity contribution in [1.29, 1.82) is 0 Å². The van der Waals surface area contributed by atoms with Crippen LogP contribution in [-0.2, 0) is 6.42 Å². The van der Waals surface area contributed by atoms with Crippen LogP contribution in [0.3, 0.4) is 0 Å². The molecule has 0 aromatic heterocycles. The summed E-state index contributed by atoms with van der Waals surface area (Å²) in [6.45, 7) is 0.848. The maximum Gasteiger partial charge on any atom is 0.153 e. The summed E-state index contributed by atoms with van der Waals surface area (Å²) in [7, 11) is 1.98. The highest BCUT2D eigenvalue weighted by Crippen LogP contribution is 2.37. The van der Waals surface area contributed by atoms with Gasteiger partial charge in [0.05, 0.1) is 10.2 Å². The summed E-state index contributed by atoms with van der Waals surface area (Å²) in [5.41, 5.74) is 2.11. The highest BCUT2D eigenvalue weighted by atomic mass is 79.9. The monoisotopic (exact) mass is 383 g/mol. The third kappa shape index (κ3) is 3.74. The van der Waals surface area contributed by atoms with Gasteiger partial charge in [0.1, 0.15) is 0 Å². The van der Waals surface area contributed by atoms with Gasteiger partial charge in [-0.2, -0.15) is 0 Å². The predicted octanol–water partition coefficient (Wildman–Crippen LogP) is 4.60. The van der Waals surface area contributed by atoms with E-state index in [0.717, 1.165) is 23.1 Å². The van der Waals surface area contributed by atoms with Gasteiger partial charge in [-0.25, -0.2) is 0 Å². The molecule has 0 aliphatic carbocycles. The van der Waals surface area contributed by atoms with E-state index in [2.05, 4.69) is 48.9 Å². The molecule has 0 unspecified atom stereocenters. The topological polar surface area (TPSA) is 23.5 Å². The van der Waals surface area contributed by atoms with Crippen molar-refractivity contribution in [3.8, 4) is 5.75 Å². The van der Waals surface area contributed by atoms with Gasteiger partial charge in [0.15, 0.2) is 5.75 Å². The summed E-state index contributed by atoms with van der Waals surface area (Å²) >= 11 is 6.80. The van der Waals surface area contributed by atoms with E-state index in [-0.39, 0.29) is 5.75 Å². The molecule has 0 saturated carbocycles. The summed E-state index contributed by atoms with van der Waals surface area (Å²) in [4.78, 5) is 2.05. The lowest BCUT2D eigenvalue weighted by molar-refractivity contribution is 0.471. The maximum atomic E-state index is 10.1. The van der Waals surface area contributed by atoms with E-state index in [1.54, 1.807) is 0 Å². The van der Waals surface area contributed by atoms with E-state index >= 15 is 0 Å². The van der Waals surface area contributed by atoms with Gasteiger partial charge in [-0.15, -0.1) is 0 Å². The first-order valence-electron chi connectivity index (χ1n) is 6.01. The van der Waals surface area contributed by atoms with E-state index in [9.17, 15) is 5.11 Å². The molecule has 0 heterocycles. The molecule has 0 aliphatic heterocycles. The Labute approximate surface area is 130 Å². The minimum atomic E-state index is 0.277. The molecule has 2 rings (SSSR count). The summed E-state index contributed by atoms with van der Waals surface area (Å²) in [5.74, 6) is 0.277. The lowest BCUT2D eigenvalue weighted by Gasteiger charge is -2.21. The van der Waals surface area contributed by atoms with Gasteiger partial charge in [0.25, 0.3) is 0 Å². The molecule has 0 saturated heterocycles. The fraction of sp³-hybridized carbons (Fsp3) is 0.200. The molecule has 4 heteroatoms. The molecule has 100 valence electrons. The number of nitrogens with zero attached hydrogens (tertiary/aromatic N) is 1. The molecule has 19 heavy (non-hydrogen) atoms. The van der Waals surface area contributed by atoms with E-state index in [1.165, 1.54) is 5.56 Å². The SMILES string of the molecule is CN(CCc1ccccc1)c1cc(Br)cc(Br)c1O. The minimum absolute atomic E-state index is 0.277. The van der Waals surface area contributed by atoms with Gasteiger partial charge >= 0.3 is 0 Å². The quantitative estimate of drug-likeness (QED) is 0.832. The Morgan fingerprint density at radius 2 is 1.79 bits per heavy atom. The van der Waals surface area contributed by atoms with Gasteiger partial charge in [0.2, 0.25) is 0 Å². The van der Waals surface area contributed by atoms with Crippen LogP contribution in [0.25, 0.3) is 0 Å². The average Bonchev–Trinajstić information content (AvgIpc) is 2.41. The molecule has 0 aliphatic rings. The summed E-state index contributed by atoms with van der Waals surface area (Å²) in [5, 5.41) is 10.1. The van der Waals surface area contributed by atoms with Crippen molar-refractivity contribution in [2.45, 2.75) is 6.42 Å². The van der Waals surface area contributed by atoms with Crippen LogP contribution in [0, 0.1) is 0 Å². The molecule has 0 radical (unpaired) electrons. The second-order valence-electron chi connectivity index (χ2n) is 4.41. The number of anilines is 1. The summed E-state index contributed by atoms with van der Waals surface area (Å²) in [6.07, 6.45) is 0.945. The zero-order valence-electron chi connectivity index (χ0n) is 10.6. The van der Waals surface area contributed by atoms with Crippen molar-refractivity contribution in [1.82, 2.24) is 0 Å². The summed E-state index contributed by atoms with van der Waals surface area (Å²) < 4.78 is 1.64. The van der Waals surface area contributed by atoms with Crippen LogP contribution in [0.4, 0.5) is 5.69 Å². The molecule has 2 aromatic carbocycles. The minimum Gasteiger partial charge on any atom is -0.505 e. The van der Waals surface area contributed by atoms with Gasteiger partial charge in [-0.1, -0.05) is 46.3 Å². The Morgan fingerprint density at radius 1 is 1.11 bits per heavy atom. The standard InChI is InChI=1S/C15H15Br2NO/c1-18(8-7-11-5-3-2-4-6-11)14-10-12(16)9-13(17)15(14)19/h2-6,9-10,19H,7-8H2,1H3. The number of halogens is 2. The lowest BCUT2D eigenvalue weighted by atomic mass is 10.1. The molecule has 0 spiro atoms. The lowest BCUT2D eigenvalue weighted by Crippen LogP contribution is -2.20. The first-order chi connectivity index (χ1) is 9.08. The third-order valence-electron chi connectivity index (χ3n) is 3.00. The Bertz CT molecular complexity index is 558. The first-order valence-corrected chi connectivity index (χ1v) is 7.59. The van der Waals surface area contributed by atoms with Crippen molar-refractivity contribution in [3.05, 3.63) is 57.0 Å². The molecule has 2 aromatic rings. The number of rotatable bonds is 4. The van der Waals surface area contributed by atoms with Crippen LogP contribution in [0.5, 0.6) is 5.75 Å². The molecular weight excluding hydrogens is 370 g/mol. The number of phenolic OH excluding ortho intramolecular Hbond substituents is 1. The van der Waals surface area contributed by atoms with Gasteiger partial charge in [0, 0.05) is 18.1 Å². The van der Waals surface area contributed by atoms with Gasteiger partial charge < -0.3 is 10.0 Å². The van der Waals surface area contributed by atoms with Crippen molar-refractivity contribution in [2.24, 2.45) is 0 Å². The highest BCUT2D eigenvalue weighted by Gasteiger charge is 2.11. The van der Waals surface area contributed by atoms with Gasteiger partial charge in [-0.05, 0) is 40.0 Å². The fourth-order valence-electron chi connectivity index (χ4n) is 1.91. The largest absolute Gasteiger partial charge is 0.505 e. The van der Waals surface area contributed by atoms with Crippen molar-refractivity contribution in [2.75, 3.05) is 18.5 Å². The zero-order valence-corrected chi connectivity index (χ0v) is 13.8. The highest BCUT2D eigenvalue weighted by molar-refractivity contribution is 9.11. The molecule has 2 nitrogen and oxygen atoms in total. The van der Waals surface area contributed by atoms with Crippen LogP contribution >= 0.6 is 31.9 Å². The van der Waals surface area contributed by atoms with Gasteiger partial charge in [-0.3, -0.25) is 0 Å². The fourth-order valence-corrected chi connectivity index (χ4v) is 3.11. The molecule has 0 bridgehead atoms. The Balaban J connectivity index is 2.10. The van der Waals surface area contributed by atoms with Crippen molar-refractivity contribution in [3.63, 3.8) is 0 Å². The first kappa shape index (κ1) is 14.4. The number of phenols is 1. The normalized spacial score (nSPS) is 10.5. The Morgan fingerprint density at radius 3 is 2.47 bits per heavy atom. The van der Waals surface area contributed by atoms with Crippen LogP contribution in [0.2, 0.25) is 0 Å². The van der Waals surface area contributed by atoms with Crippen LogP contribution in [0.15, 0.2) is 51.4 Å². The molecule has 0 fully saturated rings. The van der Waals surface area contributed by atoms with Crippen LogP contribution < -0.4 is 4.90 Å². The Hall–Kier alpha value is -1.00. The molecule has 0 amide bonds. The second-order valence-corrected chi connectivity index (χ2v) is 6.18. The molecule has 1 N–H and O–H groups in total. The van der Waals surface area contributed by atoms with Crippen LogP contribution in [0.1, 0.15) is 5.56 Å². The number of aromatic hydroxyl groups is 1. The van der Waals surface area contributed by atoms with Crippen LogP contribution in [-0.4, -0.2) is 18.7 Å². The predicted molar refractivity (Wildman–Crippen MR) is 86.9 cm³/mol. The van der Waals surface area contributed by atoms with Crippen molar-refractivity contribution >= 4 is 37.5 Å². The number of hydrogen-bond donors (Lipinski definition) is 1.